The molecule has 0 N–H and O–H groups in total. The van der Waals surface area contributed by atoms with E-state index >= 15 is 0 Å². The summed E-state index contributed by atoms with van der Waals surface area (Å²) in [4.78, 5) is 21.4. The number of nitrogens with zero attached hydrogens (tertiary/aromatic N) is 3. The van der Waals surface area contributed by atoms with Gasteiger partial charge in [0.15, 0.2) is 11.5 Å². The number of carbonyl (C=O) groups is 1. The molecule has 7 heteroatoms. The second kappa shape index (κ2) is 11.1. The molecule has 0 radical (unpaired) electrons. The Balaban J connectivity index is 1.53. The first-order chi connectivity index (χ1) is 14.6. The predicted molar refractivity (Wildman–Crippen MR) is 121 cm³/mol. The van der Waals surface area contributed by atoms with E-state index in [1.54, 1.807) is 17.4 Å². The number of rotatable bonds is 9. The molecule has 1 amide bonds. The molecule has 0 atom stereocenters. The van der Waals surface area contributed by atoms with Crippen LogP contribution < -0.4 is 9.47 Å². The van der Waals surface area contributed by atoms with Crippen molar-refractivity contribution in [3.8, 4) is 11.5 Å². The Morgan fingerprint density at radius 2 is 1.97 bits per heavy atom. The fourth-order valence-corrected chi connectivity index (χ4v) is 3.94. The molecule has 1 aromatic heterocycles. The van der Waals surface area contributed by atoms with Crippen molar-refractivity contribution >= 4 is 23.3 Å². The minimum atomic E-state index is 0.0448. The molecule has 6 nitrogen and oxygen atoms in total. The number of benzene rings is 1. The number of aromatic nitrogens is 1. The highest BCUT2D eigenvalue weighted by Crippen LogP contribution is 2.29. The van der Waals surface area contributed by atoms with Crippen LogP contribution >= 0.6 is 11.3 Å². The van der Waals surface area contributed by atoms with Gasteiger partial charge in [-0.3, -0.25) is 9.69 Å². The van der Waals surface area contributed by atoms with Crippen molar-refractivity contribution in [2.45, 2.75) is 33.7 Å². The number of carbonyl (C=O) groups excluding carboxylic acids is 1. The first kappa shape index (κ1) is 22.3. The van der Waals surface area contributed by atoms with Crippen LogP contribution in [0.5, 0.6) is 11.5 Å². The van der Waals surface area contributed by atoms with Gasteiger partial charge in [0.25, 0.3) is 0 Å². The molecule has 0 bridgehead atoms. The van der Waals surface area contributed by atoms with Crippen molar-refractivity contribution in [3.05, 3.63) is 45.9 Å². The van der Waals surface area contributed by atoms with E-state index in [1.807, 2.05) is 43.0 Å². The second-order valence-electron chi connectivity index (χ2n) is 7.28. The molecule has 0 spiro atoms. The topological polar surface area (TPSA) is 54.9 Å². The van der Waals surface area contributed by atoms with Gasteiger partial charge in [0.1, 0.15) is 0 Å². The number of hydrogen-bond donors (Lipinski definition) is 0. The van der Waals surface area contributed by atoms with Gasteiger partial charge in [-0.05, 0) is 44.0 Å². The van der Waals surface area contributed by atoms with Crippen LogP contribution in [0.15, 0.2) is 29.7 Å². The van der Waals surface area contributed by atoms with E-state index in [-0.39, 0.29) is 5.91 Å². The van der Waals surface area contributed by atoms with Gasteiger partial charge in [-0.15, -0.1) is 11.3 Å². The minimum Gasteiger partial charge on any atom is -0.490 e. The molecule has 1 saturated heterocycles. The van der Waals surface area contributed by atoms with E-state index < -0.39 is 0 Å². The van der Waals surface area contributed by atoms with Gasteiger partial charge in [0, 0.05) is 44.2 Å². The Kier molecular flexibility index (Phi) is 8.28. The third-order valence-electron chi connectivity index (χ3n) is 4.88. The maximum atomic E-state index is 12.6. The SMILES string of the molecule is CCCOc1ccc(/C=C/C(=O)N2CCN(Cc3csc(C)n3)CC2)cc1OCC. The van der Waals surface area contributed by atoms with E-state index in [2.05, 4.69) is 22.2 Å². The van der Waals surface area contributed by atoms with Crippen molar-refractivity contribution in [1.29, 1.82) is 0 Å². The first-order valence-corrected chi connectivity index (χ1v) is 11.5. The smallest absolute Gasteiger partial charge is 0.246 e. The fourth-order valence-electron chi connectivity index (χ4n) is 3.34. The maximum absolute atomic E-state index is 12.6. The van der Waals surface area contributed by atoms with E-state index in [4.69, 9.17) is 9.47 Å². The van der Waals surface area contributed by atoms with Crippen molar-refractivity contribution in [2.75, 3.05) is 39.4 Å². The summed E-state index contributed by atoms with van der Waals surface area (Å²) >= 11 is 1.68. The summed E-state index contributed by atoms with van der Waals surface area (Å²) in [6.07, 6.45) is 4.44. The second-order valence-corrected chi connectivity index (χ2v) is 8.34. The van der Waals surface area contributed by atoms with E-state index in [0.717, 1.165) is 61.2 Å². The highest BCUT2D eigenvalue weighted by Gasteiger charge is 2.20. The van der Waals surface area contributed by atoms with Crippen molar-refractivity contribution in [1.82, 2.24) is 14.8 Å². The van der Waals surface area contributed by atoms with Gasteiger partial charge >= 0.3 is 0 Å². The molecule has 0 aliphatic carbocycles. The molecule has 1 aliphatic heterocycles. The number of ether oxygens (including phenoxy) is 2. The maximum Gasteiger partial charge on any atom is 0.246 e. The highest BCUT2D eigenvalue weighted by atomic mass is 32.1. The summed E-state index contributed by atoms with van der Waals surface area (Å²) in [7, 11) is 0. The van der Waals surface area contributed by atoms with Gasteiger partial charge in [-0.1, -0.05) is 13.0 Å². The monoisotopic (exact) mass is 429 g/mol. The largest absolute Gasteiger partial charge is 0.490 e. The number of piperazine rings is 1. The van der Waals surface area contributed by atoms with E-state index in [1.165, 1.54) is 0 Å². The van der Waals surface area contributed by atoms with Gasteiger partial charge in [0.05, 0.1) is 23.9 Å². The standard InChI is InChI=1S/C23H31N3O3S/c1-4-14-29-21-8-6-19(15-22(21)28-5-2)7-9-23(27)26-12-10-25(11-13-26)16-20-17-30-18(3)24-20/h6-9,15,17H,4-5,10-14,16H2,1-3H3/b9-7+. The van der Waals surface area contributed by atoms with Gasteiger partial charge in [0.2, 0.25) is 5.91 Å². The lowest BCUT2D eigenvalue weighted by Gasteiger charge is -2.33. The fraction of sp³-hybridized carbons (Fsp3) is 0.478. The zero-order valence-electron chi connectivity index (χ0n) is 18.1. The third kappa shape index (κ3) is 6.31. The number of thiazole rings is 1. The van der Waals surface area contributed by atoms with Gasteiger partial charge < -0.3 is 14.4 Å². The third-order valence-corrected chi connectivity index (χ3v) is 5.71. The van der Waals surface area contributed by atoms with Crippen LogP contribution in [0.4, 0.5) is 0 Å². The minimum absolute atomic E-state index is 0.0448. The average molecular weight is 430 g/mol. The Labute approximate surface area is 183 Å². The van der Waals surface area contributed by atoms with Crippen LogP contribution in [-0.4, -0.2) is 60.1 Å². The molecule has 2 heterocycles. The number of amides is 1. The molecule has 162 valence electrons. The molecular weight excluding hydrogens is 398 g/mol. The van der Waals surface area contributed by atoms with Crippen molar-refractivity contribution in [3.63, 3.8) is 0 Å². The van der Waals surface area contributed by atoms with Crippen molar-refractivity contribution in [2.24, 2.45) is 0 Å². The molecule has 0 saturated carbocycles. The lowest BCUT2D eigenvalue weighted by atomic mass is 10.1. The van der Waals surface area contributed by atoms with E-state index in [9.17, 15) is 4.79 Å². The average Bonchev–Trinajstić information content (AvgIpc) is 3.16. The summed E-state index contributed by atoms with van der Waals surface area (Å²) in [5, 5.41) is 3.21. The Hall–Kier alpha value is -2.38. The Morgan fingerprint density at radius 1 is 1.17 bits per heavy atom. The highest BCUT2D eigenvalue weighted by molar-refractivity contribution is 7.09. The van der Waals surface area contributed by atoms with E-state index in [0.29, 0.717) is 19.0 Å². The first-order valence-electron chi connectivity index (χ1n) is 10.6. The summed E-state index contributed by atoms with van der Waals surface area (Å²) in [5.74, 6) is 1.50. The molecule has 1 aromatic carbocycles. The molecule has 0 unspecified atom stereocenters. The summed E-state index contributed by atoms with van der Waals surface area (Å²) in [6, 6.07) is 5.78. The molecule has 1 aliphatic rings. The summed E-state index contributed by atoms with van der Waals surface area (Å²) in [5.41, 5.74) is 2.04. The molecular formula is C23H31N3O3S. The molecule has 30 heavy (non-hydrogen) atoms. The zero-order chi connectivity index (χ0) is 21.3. The molecule has 1 fully saturated rings. The normalized spacial score (nSPS) is 15.0. The predicted octanol–water partition coefficient (Wildman–Crippen LogP) is 4.00. The Morgan fingerprint density at radius 3 is 2.63 bits per heavy atom. The van der Waals surface area contributed by atoms with Crippen LogP contribution in [0.1, 0.15) is 36.5 Å². The van der Waals surface area contributed by atoms with Gasteiger partial charge in [-0.2, -0.15) is 0 Å². The Bertz CT molecular complexity index is 857. The lowest BCUT2D eigenvalue weighted by Crippen LogP contribution is -2.47. The zero-order valence-corrected chi connectivity index (χ0v) is 18.9. The summed E-state index contributed by atoms with van der Waals surface area (Å²) < 4.78 is 11.4. The molecule has 3 rings (SSSR count). The lowest BCUT2D eigenvalue weighted by molar-refractivity contribution is -0.127. The number of aryl methyl sites for hydroxylation is 1. The van der Waals surface area contributed by atoms with Gasteiger partial charge in [-0.25, -0.2) is 4.98 Å². The van der Waals surface area contributed by atoms with Crippen LogP contribution in [0, 0.1) is 6.92 Å². The van der Waals surface area contributed by atoms with Crippen molar-refractivity contribution < 1.29 is 14.3 Å². The quantitative estimate of drug-likeness (QED) is 0.564. The van der Waals surface area contributed by atoms with Crippen LogP contribution in [0.25, 0.3) is 6.08 Å². The summed E-state index contributed by atoms with van der Waals surface area (Å²) in [6.45, 7) is 11.3. The molecule has 2 aromatic rings. The van der Waals surface area contributed by atoms with Crippen LogP contribution in [0.3, 0.4) is 0 Å². The number of hydrogen-bond acceptors (Lipinski definition) is 6. The van der Waals surface area contributed by atoms with Crippen LogP contribution in [0.2, 0.25) is 0 Å². The van der Waals surface area contributed by atoms with Crippen LogP contribution in [-0.2, 0) is 11.3 Å².